The van der Waals surface area contributed by atoms with E-state index in [0.717, 1.165) is 5.56 Å². The van der Waals surface area contributed by atoms with Crippen molar-refractivity contribution in [1.82, 2.24) is 25.3 Å². The average molecular weight is 331 g/mol. The first-order valence-electron chi connectivity index (χ1n) is 7.51. The summed E-state index contributed by atoms with van der Waals surface area (Å²) in [6, 6.07) is 9.10. The van der Waals surface area contributed by atoms with E-state index in [1.165, 1.54) is 0 Å². The van der Waals surface area contributed by atoms with Gasteiger partial charge in [0.2, 0.25) is 17.1 Å². The zero-order valence-corrected chi connectivity index (χ0v) is 12.7. The lowest BCUT2D eigenvalue weighted by atomic mass is 10.1. The maximum absolute atomic E-state index is 12.8. The normalized spacial score (nSPS) is 12.2. The summed E-state index contributed by atoms with van der Waals surface area (Å²) in [4.78, 5) is 25.4. The van der Waals surface area contributed by atoms with Crippen LogP contribution >= 0.6 is 0 Å². The van der Waals surface area contributed by atoms with E-state index in [1.54, 1.807) is 18.5 Å². The Labute approximate surface area is 140 Å². The Kier molecular flexibility index (Phi) is 2.84. The zero-order chi connectivity index (χ0) is 16.8. The summed E-state index contributed by atoms with van der Waals surface area (Å²) in [6.45, 7) is 0.332. The van der Waals surface area contributed by atoms with Crippen LogP contribution in [0.4, 0.5) is 0 Å². The molecule has 0 atom stereocenters. The molecule has 0 spiro atoms. The predicted molar refractivity (Wildman–Crippen MR) is 84.8 cm³/mol. The first kappa shape index (κ1) is 13.7. The van der Waals surface area contributed by atoms with Gasteiger partial charge in [-0.2, -0.15) is 0 Å². The van der Waals surface area contributed by atoms with Gasteiger partial charge in [-0.05, 0) is 34.1 Å². The van der Waals surface area contributed by atoms with Crippen molar-refractivity contribution < 1.29 is 14.2 Å². The molecule has 0 saturated carbocycles. The number of nitrogens with zero attached hydrogens (tertiary/aromatic N) is 5. The van der Waals surface area contributed by atoms with Crippen LogP contribution in [0.2, 0.25) is 0 Å². The molecule has 8 nitrogen and oxygen atoms in total. The number of fused-ring (bicyclic) bond motifs is 4. The fraction of sp³-hybridized carbons (Fsp3) is 0.0588. The molecule has 0 fully saturated rings. The maximum atomic E-state index is 12.8. The Hall–Kier alpha value is -3.68. The monoisotopic (exact) mass is 331 g/mol. The lowest BCUT2D eigenvalue weighted by molar-refractivity contribution is 0.103. The molecule has 1 aliphatic rings. The summed E-state index contributed by atoms with van der Waals surface area (Å²) < 4.78 is 10.5. The summed E-state index contributed by atoms with van der Waals surface area (Å²) in [6.07, 6.45) is 3.39. The lowest BCUT2D eigenvalue weighted by Crippen LogP contribution is -2.04. The highest BCUT2D eigenvalue weighted by molar-refractivity contribution is 6.21. The summed E-state index contributed by atoms with van der Waals surface area (Å²) in [5.74, 6) is 0.247. The minimum atomic E-state index is -0.243. The van der Waals surface area contributed by atoms with Crippen LogP contribution in [0.3, 0.4) is 0 Å². The predicted octanol–water partition coefficient (Wildman–Crippen LogP) is 2.20. The zero-order valence-electron chi connectivity index (χ0n) is 12.7. The molecule has 0 N–H and O–H groups in total. The maximum Gasteiger partial charge on any atom is 0.244 e. The molecular weight excluding hydrogens is 322 g/mol. The number of pyridine rings is 1. The SMILES string of the molecule is O=C1c2nc3nonc3nc2-c2cccc(OCc3ccncc3)c21. The molecule has 0 saturated heterocycles. The van der Waals surface area contributed by atoms with Gasteiger partial charge in [0, 0.05) is 18.0 Å². The van der Waals surface area contributed by atoms with Crippen LogP contribution < -0.4 is 4.74 Å². The van der Waals surface area contributed by atoms with Crippen molar-refractivity contribution in [2.45, 2.75) is 6.61 Å². The average Bonchev–Trinajstić information content (AvgIpc) is 3.22. The molecule has 8 heteroatoms. The Morgan fingerprint density at radius 1 is 0.960 bits per heavy atom. The fourth-order valence-corrected chi connectivity index (χ4v) is 2.83. The number of ether oxygens (including phenoxy) is 1. The Morgan fingerprint density at radius 2 is 1.72 bits per heavy atom. The van der Waals surface area contributed by atoms with Crippen LogP contribution in [0.15, 0.2) is 47.4 Å². The van der Waals surface area contributed by atoms with Crippen LogP contribution in [0, 0.1) is 0 Å². The summed E-state index contributed by atoms with van der Waals surface area (Å²) in [5, 5.41) is 7.33. The van der Waals surface area contributed by atoms with E-state index >= 15 is 0 Å². The van der Waals surface area contributed by atoms with Gasteiger partial charge in [0.25, 0.3) is 0 Å². The number of hydrogen-bond acceptors (Lipinski definition) is 8. The molecule has 1 aliphatic carbocycles. The summed E-state index contributed by atoms with van der Waals surface area (Å²) in [7, 11) is 0. The van der Waals surface area contributed by atoms with E-state index in [4.69, 9.17) is 4.74 Å². The number of ketones is 1. The van der Waals surface area contributed by atoms with Gasteiger partial charge in [0.15, 0.2) is 0 Å². The third-order valence-corrected chi connectivity index (χ3v) is 3.98. The van der Waals surface area contributed by atoms with Gasteiger partial charge in [0.1, 0.15) is 23.7 Å². The number of benzene rings is 1. The lowest BCUT2D eigenvalue weighted by Gasteiger charge is -2.09. The smallest absolute Gasteiger partial charge is 0.244 e. The van der Waals surface area contributed by atoms with E-state index in [1.807, 2.05) is 24.3 Å². The van der Waals surface area contributed by atoms with E-state index < -0.39 is 0 Å². The van der Waals surface area contributed by atoms with Gasteiger partial charge >= 0.3 is 0 Å². The van der Waals surface area contributed by atoms with E-state index in [0.29, 0.717) is 29.2 Å². The Bertz CT molecular complexity index is 1120. The first-order chi connectivity index (χ1) is 12.3. The molecule has 0 amide bonds. The third kappa shape index (κ3) is 2.08. The topological polar surface area (TPSA) is 104 Å². The largest absolute Gasteiger partial charge is 0.488 e. The van der Waals surface area contributed by atoms with Crippen LogP contribution in [0.5, 0.6) is 5.75 Å². The summed E-state index contributed by atoms with van der Waals surface area (Å²) in [5.41, 5.74) is 3.26. The van der Waals surface area contributed by atoms with Crippen molar-refractivity contribution >= 4 is 17.1 Å². The standard InChI is InChI=1S/C17H9N5O3/c23-15-12-10(13-14(15)20-17-16(19-13)21-25-22-17)2-1-3-11(12)24-8-9-4-6-18-7-5-9/h1-7H,8H2. The van der Waals surface area contributed by atoms with Crippen LogP contribution in [-0.2, 0) is 6.61 Å². The van der Waals surface area contributed by atoms with Crippen molar-refractivity contribution in [2.75, 3.05) is 0 Å². The Balaban J connectivity index is 1.58. The van der Waals surface area contributed by atoms with Gasteiger partial charge in [-0.25, -0.2) is 14.6 Å². The van der Waals surface area contributed by atoms with E-state index in [-0.39, 0.29) is 22.8 Å². The second-order valence-corrected chi connectivity index (χ2v) is 5.48. The highest BCUT2D eigenvalue weighted by Crippen LogP contribution is 2.39. The highest BCUT2D eigenvalue weighted by atomic mass is 16.6. The minimum absolute atomic E-state index is 0.208. The molecule has 0 unspecified atom stereocenters. The van der Waals surface area contributed by atoms with Gasteiger partial charge in [0.05, 0.1) is 5.56 Å². The summed E-state index contributed by atoms with van der Waals surface area (Å²) >= 11 is 0. The van der Waals surface area contributed by atoms with Crippen LogP contribution in [-0.4, -0.2) is 31.0 Å². The molecule has 4 aromatic rings. The van der Waals surface area contributed by atoms with Crippen molar-refractivity contribution in [1.29, 1.82) is 0 Å². The molecule has 3 aromatic heterocycles. The molecule has 3 heterocycles. The fourth-order valence-electron chi connectivity index (χ4n) is 2.83. The van der Waals surface area contributed by atoms with Crippen molar-refractivity contribution in [3.8, 4) is 17.0 Å². The molecule has 120 valence electrons. The molecule has 1 aromatic carbocycles. The number of rotatable bonds is 3. The molecule has 5 rings (SSSR count). The quantitative estimate of drug-likeness (QED) is 0.495. The number of aromatic nitrogens is 5. The van der Waals surface area contributed by atoms with Crippen LogP contribution in [0.1, 0.15) is 21.6 Å². The van der Waals surface area contributed by atoms with E-state index in [9.17, 15) is 4.79 Å². The van der Waals surface area contributed by atoms with Crippen molar-refractivity contribution in [3.63, 3.8) is 0 Å². The van der Waals surface area contributed by atoms with Crippen molar-refractivity contribution in [2.24, 2.45) is 0 Å². The van der Waals surface area contributed by atoms with E-state index in [2.05, 4.69) is 29.9 Å². The molecule has 0 aliphatic heterocycles. The first-order valence-corrected chi connectivity index (χ1v) is 7.51. The minimum Gasteiger partial charge on any atom is -0.488 e. The van der Waals surface area contributed by atoms with Crippen LogP contribution in [0.25, 0.3) is 22.6 Å². The van der Waals surface area contributed by atoms with Gasteiger partial charge in [-0.1, -0.05) is 12.1 Å². The highest BCUT2D eigenvalue weighted by Gasteiger charge is 2.34. The molecule has 0 radical (unpaired) electrons. The van der Waals surface area contributed by atoms with Crippen molar-refractivity contribution in [3.05, 3.63) is 59.5 Å². The van der Waals surface area contributed by atoms with Gasteiger partial charge < -0.3 is 4.74 Å². The number of carbonyl (C=O) groups excluding carboxylic acids is 1. The molecular formula is C17H9N5O3. The van der Waals surface area contributed by atoms with Gasteiger partial charge in [-0.3, -0.25) is 9.78 Å². The number of carbonyl (C=O) groups is 1. The number of hydrogen-bond donors (Lipinski definition) is 0. The van der Waals surface area contributed by atoms with Gasteiger partial charge in [-0.15, -0.1) is 0 Å². The molecule has 0 bridgehead atoms. The third-order valence-electron chi connectivity index (χ3n) is 3.98. The second kappa shape index (κ2) is 5.17. The molecule has 25 heavy (non-hydrogen) atoms. The second-order valence-electron chi connectivity index (χ2n) is 5.48. The Morgan fingerprint density at radius 3 is 2.52 bits per heavy atom.